The molecule has 0 spiro atoms. The van der Waals surface area contributed by atoms with Gasteiger partial charge in [0.15, 0.2) is 16.8 Å². The lowest BCUT2D eigenvalue weighted by Gasteiger charge is -2.01. The fourth-order valence-electron chi connectivity index (χ4n) is 2.36. The van der Waals surface area contributed by atoms with E-state index in [1.54, 1.807) is 11.3 Å². The third kappa shape index (κ3) is 4.13. The van der Waals surface area contributed by atoms with Gasteiger partial charge in [0.2, 0.25) is 5.91 Å². The van der Waals surface area contributed by atoms with Crippen molar-refractivity contribution in [3.8, 4) is 11.3 Å². The molecule has 4 nitrogen and oxygen atoms in total. The van der Waals surface area contributed by atoms with E-state index in [9.17, 15) is 13.6 Å². The number of rotatable bonds is 5. The lowest BCUT2D eigenvalue weighted by Crippen LogP contribution is -2.14. The van der Waals surface area contributed by atoms with Crippen LogP contribution in [0.25, 0.3) is 11.3 Å². The van der Waals surface area contributed by atoms with E-state index in [1.807, 2.05) is 12.3 Å². The summed E-state index contributed by atoms with van der Waals surface area (Å²) in [4.78, 5) is 21.8. The smallest absolute Gasteiger partial charge is 0.232 e. The number of amides is 1. The van der Waals surface area contributed by atoms with Crippen molar-refractivity contribution in [3.05, 3.63) is 50.8 Å². The minimum atomic E-state index is -0.926. The number of aromatic nitrogens is 2. The van der Waals surface area contributed by atoms with Crippen molar-refractivity contribution in [1.29, 1.82) is 0 Å². The summed E-state index contributed by atoms with van der Waals surface area (Å²) >= 11 is 2.83. The van der Waals surface area contributed by atoms with Gasteiger partial charge in [0.1, 0.15) is 0 Å². The topological polar surface area (TPSA) is 54.9 Å². The zero-order chi connectivity index (χ0) is 18.8. The number of halogens is 2. The van der Waals surface area contributed by atoms with E-state index in [1.165, 1.54) is 17.4 Å². The molecule has 0 fully saturated rings. The molecule has 3 aromatic rings. The molecule has 2 heterocycles. The van der Waals surface area contributed by atoms with Crippen molar-refractivity contribution in [2.24, 2.45) is 0 Å². The van der Waals surface area contributed by atoms with Gasteiger partial charge in [-0.05, 0) is 25.1 Å². The lowest BCUT2D eigenvalue weighted by atomic mass is 10.1. The maximum absolute atomic E-state index is 13.4. The molecule has 0 bridgehead atoms. The largest absolute Gasteiger partial charge is 0.302 e. The van der Waals surface area contributed by atoms with Gasteiger partial charge >= 0.3 is 0 Å². The van der Waals surface area contributed by atoms with Crippen LogP contribution in [-0.4, -0.2) is 15.9 Å². The Labute approximate surface area is 157 Å². The van der Waals surface area contributed by atoms with Crippen LogP contribution in [0.1, 0.15) is 35.3 Å². The molecule has 0 saturated heterocycles. The van der Waals surface area contributed by atoms with Crippen LogP contribution in [0.4, 0.5) is 13.9 Å². The fourth-order valence-corrected chi connectivity index (χ4v) is 4.05. The van der Waals surface area contributed by atoms with Crippen LogP contribution in [0.2, 0.25) is 0 Å². The molecule has 0 atom stereocenters. The second kappa shape index (κ2) is 7.59. The number of thiazole rings is 2. The van der Waals surface area contributed by atoms with Crippen molar-refractivity contribution in [3.63, 3.8) is 0 Å². The Morgan fingerprint density at radius 1 is 1.23 bits per heavy atom. The van der Waals surface area contributed by atoms with E-state index in [4.69, 9.17) is 0 Å². The van der Waals surface area contributed by atoms with Gasteiger partial charge in [0.25, 0.3) is 0 Å². The van der Waals surface area contributed by atoms with Crippen LogP contribution >= 0.6 is 22.7 Å². The SMILES string of the molecule is Cc1sc(NC(=O)Cc2csc(C(C)C)n2)nc1-c1ccc(F)c(F)c1. The highest BCUT2D eigenvalue weighted by Gasteiger charge is 2.15. The molecule has 0 aliphatic heterocycles. The maximum atomic E-state index is 13.4. The molecule has 3 rings (SSSR count). The maximum Gasteiger partial charge on any atom is 0.232 e. The van der Waals surface area contributed by atoms with Crippen molar-refractivity contribution in [2.45, 2.75) is 33.1 Å². The van der Waals surface area contributed by atoms with Gasteiger partial charge in [0.05, 0.1) is 22.8 Å². The second-order valence-corrected chi connectivity index (χ2v) is 8.20. The summed E-state index contributed by atoms with van der Waals surface area (Å²) in [7, 11) is 0. The Hall–Kier alpha value is -2.19. The molecule has 8 heteroatoms. The molecular weight excluding hydrogens is 376 g/mol. The Morgan fingerprint density at radius 3 is 2.65 bits per heavy atom. The van der Waals surface area contributed by atoms with Crippen LogP contribution < -0.4 is 5.32 Å². The van der Waals surface area contributed by atoms with Gasteiger partial charge in [-0.15, -0.1) is 22.7 Å². The molecule has 0 unspecified atom stereocenters. The van der Waals surface area contributed by atoms with Crippen LogP contribution in [0, 0.1) is 18.6 Å². The molecule has 0 saturated carbocycles. The third-order valence-electron chi connectivity index (χ3n) is 3.64. The predicted octanol–water partition coefficient (Wildman–Crippen LogP) is 5.16. The van der Waals surface area contributed by atoms with Crippen molar-refractivity contribution in [1.82, 2.24) is 9.97 Å². The molecule has 26 heavy (non-hydrogen) atoms. The first-order valence-corrected chi connectivity index (χ1v) is 9.70. The zero-order valence-electron chi connectivity index (χ0n) is 14.5. The second-order valence-electron chi connectivity index (χ2n) is 6.11. The van der Waals surface area contributed by atoms with Crippen molar-refractivity contribution < 1.29 is 13.6 Å². The van der Waals surface area contributed by atoms with Crippen LogP contribution in [0.5, 0.6) is 0 Å². The minimum Gasteiger partial charge on any atom is -0.302 e. The highest BCUT2D eigenvalue weighted by Crippen LogP contribution is 2.31. The van der Waals surface area contributed by atoms with Gasteiger partial charge in [-0.25, -0.2) is 18.7 Å². The molecule has 0 radical (unpaired) electrons. The molecule has 1 N–H and O–H groups in total. The Kier molecular flexibility index (Phi) is 5.43. The van der Waals surface area contributed by atoms with Gasteiger partial charge < -0.3 is 5.32 Å². The van der Waals surface area contributed by atoms with Crippen molar-refractivity contribution >= 4 is 33.7 Å². The van der Waals surface area contributed by atoms with E-state index in [0.29, 0.717) is 22.3 Å². The number of nitrogens with one attached hydrogen (secondary N) is 1. The fraction of sp³-hybridized carbons (Fsp3) is 0.278. The number of nitrogens with zero attached hydrogens (tertiary/aromatic N) is 2. The molecule has 2 aromatic heterocycles. The van der Waals surface area contributed by atoms with Gasteiger partial charge in [0, 0.05) is 21.7 Å². The van der Waals surface area contributed by atoms with E-state index in [-0.39, 0.29) is 12.3 Å². The van der Waals surface area contributed by atoms with Crippen LogP contribution in [0.3, 0.4) is 0 Å². The molecular formula is C18H17F2N3OS2. The Bertz CT molecular complexity index is 950. The summed E-state index contributed by atoms with van der Waals surface area (Å²) in [6.45, 7) is 5.93. The summed E-state index contributed by atoms with van der Waals surface area (Å²) < 4.78 is 26.5. The average Bonchev–Trinajstić information content (AvgIpc) is 3.17. The lowest BCUT2D eigenvalue weighted by molar-refractivity contribution is -0.115. The summed E-state index contributed by atoms with van der Waals surface area (Å²) in [6, 6.07) is 3.64. The van der Waals surface area contributed by atoms with E-state index in [0.717, 1.165) is 27.7 Å². The predicted molar refractivity (Wildman–Crippen MR) is 101 cm³/mol. The minimum absolute atomic E-state index is 0.169. The molecule has 0 aliphatic rings. The van der Waals surface area contributed by atoms with E-state index >= 15 is 0 Å². The highest BCUT2D eigenvalue weighted by molar-refractivity contribution is 7.16. The Balaban J connectivity index is 1.72. The number of hydrogen-bond acceptors (Lipinski definition) is 5. The number of benzene rings is 1. The first-order chi connectivity index (χ1) is 12.3. The normalized spacial score (nSPS) is 11.2. The monoisotopic (exact) mass is 393 g/mol. The van der Waals surface area contributed by atoms with E-state index < -0.39 is 11.6 Å². The van der Waals surface area contributed by atoms with E-state index in [2.05, 4.69) is 29.1 Å². The number of anilines is 1. The number of aryl methyl sites for hydroxylation is 1. The molecule has 0 aliphatic carbocycles. The first kappa shape index (κ1) is 18.6. The van der Waals surface area contributed by atoms with Crippen LogP contribution in [0.15, 0.2) is 23.6 Å². The summed E-state index contributed by atoms with van der Waals surface area (Å²) in [6.07, 6.45) is 0.169. The summed E-state index contributed by atoms with van der Waals surface area (Å²) in [5.41, 5.74) is 1.73. The number of hydrogen-bond donors (Lipinski definition) is 1. The van der Waals surface area contributed by atoms with Crippen molar-refractivity contribution in [2.75, 3.05) is 5.32 Å². The average molecular weight is 393 g/mol. The zero-order valence-corrected chi connectivity index (χ0v) is 16.1. The number of carbonyl (C=O) groups is 1. The third-order valence-corrected chi connectivity index (χ3v) is 5.72. The van der Waals surface area contributed by atoms with Crippen LogP contribution in [-0.2, 0) is 11.2 Å². The summed E-state index contributed by atoms with van der Waals surface area (Å²) in [5.74, 6) is -1.71. The van der Waals surface area contributed by atoms with Gasteiger partial charge in [-0.1, -0.05) is 13.8 Å². The first-order valence-electron chi connectivity index (χ1n) is 8.00. The summed E-state index contributed by atoms with van der Waals surface area (Å²) in [5, 5.41) is 6.06. The molecule has 1 amide bonds. The number of carbonyl (C=O) groups excluding carboxylic acids is 1. The van der Waals surface area contributed by atoms with Gasteiger partial charge in [-0.3, -0.25) is 4.79 Å². The standard InChI is InChI=1S/C18H17F2N3OS2/c1-9(2)17-21-12(8-25-17)7-15(24)22-18-23-16(10(3)26-18)11-4-5-13(19)14(20)6-11/h4-6,8-9H,7H2,1-3H3,(H,22,23,24). The van der Waals surface area contributed by atoms with Gasteiger partial charge in [-0.2, -0.15) is 0 Å². The quantitative estimate of drug-likeness (QED) is 0.652. The molecule has 1 aromatic carbocycles. The molecule has 136 valence electrons. The highest BCUT2D eigenvalue weighted by atomic mass is 32.1. The Morgan fingerprint density at radius 2 is 2.00 bits per heavy atom.